The van der Waals surface area contributed by atoms with Gasteiger partial charge in [0.2, 0.25) is 5.91 Å². The lowest BCUT2D eigenvalue weighted by molar-refractivity contribution is -0.138. The maximum atomic E-state index is 13.6. The number of halogens is 1. The van der Waals surface area contributed by atoms with Crippen LogP contribution in [0.5, 0.6) is 0 Å². The van der Waals surface area contributed by atoms with Crippen LogP contribution in [-0.4, -0.2) is 63.6 Å². The van der Waals surface area contributed by atoms with Crippen LogP contribution in [0.1, 0.15) is 28.4 Å². The number of amides is 1. The predicted molar refractivity (Wildman–Crippen MR) is 131 cm³/mol. The Morgan fingerprint density at radius 2 is 1.86 bits per heavy atom. The van der Waals surface area contributed by atoms with E-state index < -0.39 is 17.1 Å². The molecule has 35 heavy (non-hydrogen) atoms. The number of aromatic nitrogens is 2. The molecule has 1 saturated heterocycles. The van der Waals surface area contributed by atoms with Crippen LogP contribution >= 0.6 is 11.8 Å². The number of carbonyl (C=O) groups excluding carboxylic acids is 1. The van der Waals surface area contributed by atoms with Gasteiger partial charge in [0.1, 0.15) is 5.82 Å². The number of fused-ring (bicyclic) bond motifs is 1. The van der Waals surface area contributed by atoms with Crippen molar-refractivity contribution in [3.63, 3.8) is 0 Å². The Morgan fingerprint density at radius 1 is 1.14 bits per heavy atom. The highest BCUT2D eigenvalue weighted by Gasteiger charge is 2.36. The smallest absolute Gasteiger partial charge is 0.305 e. The van der Waals surface area contributed by atoms with Crippen molar-refractivity contribution in [3.05, 3.63) is 71.0 Å². The lowest BCUT2D eigenvalue weighted by Gasteiger charge is -2.26. The summed E-state index contributed by atoms with van der Waals surface area (Å²) in [7, 11) is 0. The van der Waals surface area contributed by atoms with E-state index in [4.69, 9.17) is 4.74 Å². The van der Waals surface area contributed by atoms with Crippen LogP contribution in [-0.2, 0) is 20.9 Å². The van der Waals surface area contributed by atoms with E-state index >= 15 is 0 Å². The zero-order valence-corrected chi connectivity index (χ0v) is 19.7. The Bertz CT molecular complexity index is 1210. The van der Waals surface area contributed by atoms with Crippen LogP contribution in [0.2, 0.25) is 0 Å². The fraction of sp³-hybridized carbons (Fsp3) is 0.320. The number of carboxylic acid groups (broad SMARTS) is 1. The first-order valence-electron chi connectivity index (χ1n) is 11.4. The van der Waals surface area contributed by atoms with E-state index in [1.807, 2.05) is 12.1 Å². The molecule has 1 amide bonds. The molecule has 0 spiro atoms. The van der Waals surface area contributed by atoms with Gasteiger partial charge in [-0.05, 0) is 35.4 Å². The van der Waals surface area contributed by atoms with Crippen LogP contribution in [0.3, 0.4) is 0 Å². The summed E-state index contributed by atoms with van der Waals surface area (Å²) >= 11 is 1.29. The average Bonchev–Trinajstić information content (AvgIpc) is 3.20. The summed E-state index contributed by atoms with van der Waals surface area (Å²) in [5.74, 6) is -1.44. The average molecular weight is 497 g/mol. The van der Waals surface area contributed by atoms with Gasteiger partial charge in [-0.3, -0.25) is 19.6 Å². The topological polar surface area (TPSA) is 108 Å². The molecule has 0 radical (unpaired) electrons. The summed E-state index contributed by atoms with van der Waals surface area (Å²) in [6.07, 6.45) is -0.304. The minimum absolute atomic E-state index is 0.304. The number of hydrogen-bond donors (Lipinski definition) is 3. The monoisotopic (exact) mass is 496 g/mol. The van der Waals surface area contributed by atoms with E-state index in [1.165, 1.54) is 23.9 Å². The van der Waals surface area contributed by atoms with E-state index in [0.29, 0.717) is 11.5 Å². The van der Waals surface area contributed by atoms with Crippen LogP contribution in [0, 0.1) is 5.82 Å². The number of thioether (sulfide) groups is 1. The third-order valence-electron chi connectivity index (χ3n) is 6.19. The van der Waals surface area contributed by atoms with Crippen LogP contribution < -0.4 is 5.32 Å². The van der Waals surface area contributed by atoms with Gasteiger partial charge in [0.05, 0.1) is 35.8 Å². The number of nitrogens with one attached hydrogen (secondary N) is 2. The quantitative estimate of drug-likeness (QED) is 0.478. The van der Waals surface area contributed by atoms with Crippen molar-refractivity contribution >= 4 is 29.5 Å². The number of carbonyl (C=O) groups is 2. The number of anilines is 1. The fourth-order valence-corrected chi connectivity index (χ4v) is 5.82. The molecule has 2 aromatic carbocycles. The number of benzene rings is 2. The highest BCUT2D eigenvalue weighted by Crippen LogP contribution is 2.47. The molecule has 2 unspecified atom stereocenters. The Hall–Kier alpha value is -3.21. The minimum atomic E-state index is -1.04. The van der Waals surface area contributed by atoms with E-state index in [9.17, 15) is 19.1 Å². The van der Waals surface area contributed by atoms with Gasteiger partial charge in [-0.1, -0.05) is 24.3 Å². The van der Waals surface area contributed by atoms with Crippen molar-refractivity contribution in [1.29, 1.82) is 0 Å². The predicted octanol–water partition coefficient (Wildman–Crippen LogP) is 3.67. The van der Waals surface area contributed by atoms with E-state index in [1.54, 1.807) is 12.1 Å². The molecule has 10 heteroatoms. The maximum Gasteiger partial charge on any atom is 0.305 e. The highest BCUT2D eigenvalue weighted by atomic mass is 32.2. The van der Waals surface area contributed by atoms with E-state index in [2.05, 4.69) is 32.5 Å². The summed E-state index contributed by atoms with van der Waals surface area (Å²) in [5, 5.41) is 18.3. The number of aromatic amines is 1. The summed E-state index contributed by atoms with van der Waals surface area (Å²) in [5.41, 5.74) is 4.21. The molecule has 2 aliphatic heterocycles. The number of ether oxygens (including phenoxy) is 1. The van der Waals surface area contributed by atoms with Gasteiger partial charge in [-0.25, -0.2) is 4.39 Å². The van der Waals surface area contributed by atoms with Gasteiger partial charge in [0, 0.05) is 30.8 Å². The summed E-state index contributed by atoms with van der Waals surface area (Å²) in [6, 6.07) is 14.2. The third-order valence-corrected chi connectivity index (χ3v) is 7.68. The minimum Gasteiger partial charge on any atom is -0.481 e. The van der Waals surface area contributed by atoms with Gasteiger partial charge < -0.3 is 15.2 Å². The number of carboxylic acids is 1. The molecule has 2 aliphatic rings. The van der Waals surface area contributed by atoms with Gasteiger partial charge in [0.25, 0.3) is 0 Å². The standard InChI is InChI=1S/C25H25FN4O4S/c26-18-7-5-16(6-8-18)22-21-23(35-19(13-20(31)32)25(33)27-24(21)29-28-22)17-3-1-15(2-4-17)14-30-9-11-34-12-10-30/h1-8,19,23H,9-14H2,(H,31,32)(H2,27,28,29,33). The molecule has 3 N–H and O–H groups in total. The molecular weight excluding hydrogens is 471 g/mol. The summed E-state index contributed by atoms with van der Waals surface area (Å²) in [4.78, 5) is 26.6. The lowest BCUT2D eigenvalue weighted by Crippen LogP contribution is -2.35. The molecule has 182 valence electrons. The molecular formula is C25H25FN4O4S. The zero-order chi connectivity index (χ0) is 24.4. The largest absolute Gasteiger partial charge is 0.481 e. The molecule has 5 rings (SSSR count). The van der Waals surface area contributed by atoms with Crippen LogP contribution in [0.25, 0.3) is 11.3 Å². The molecule has 0 aliphatic carbocycles. The van der Waals surface area contributed by atoms with Gasteiger partial charge in [-0.15, -0.1) is 11.8 Å². The molecule has 8 nitrogen and oxygen atoms in total. The SMILES string of the molecule is O=C(O)CC1SC(c2ccc(CN3CCOCC3)cc2)c2c(n[nH]c2-c2ccc(F)cc2)NC1=O. The molecule has 0 saturated carbocycles. The van der Waals surface area contributed by atoms with Crippen molar-refractivity contribution in [1.82, 2.24) is 15.1 Å². The molecule has 0 bridgehead atoms. The summed E-state index contributed by atoms with van der Waals surface area (Å²) < 4.78 is 19.0. The number of aliphatic carboxylic acids is 1. The second-order valence-electron chi connectivity index (χ2n) is 8.59. The second kappa shape index (κ2) is 10.2. The summed E-state index contributed by atoms with van der Waals surface area (Å²) in [6.45, 7) is 4.08. The first-order chi connectivity index (χ1) is 17.0. The molecule has 1 aromatic heterocycles. The third kappa shape index (κ3) is 5.24. The number of hydrogen-bond acceptors (Lipinski definition) is 6. The Kier molecular flexibility index (Phi) is 6.85. The van der Waals surface area contributed by atoms with Crippen molar-refractivity contribution < 1.29 is 23.8 Å². The van der Waals surface area contributed by atoms with Gasteiger partial charge >= 0.3 is 5.97 Å². The van der Waals surface area contributed by atoms with Crippen molar-refractivity contribution in [2.45, 2.75) is 23.5 Å². The van der Waals surface area contributed by atoms with Crippen molar-refractivity contribution in [2.24, 2.45) is 0 Å². The zero-order valence-electron chi connectivity index (χ0n) is 18.9. The van der Waals surface area contributed by atoms with Crippen molar-refractivity contribution in [3.8, 4) is 11.3 Å². The first-order valence-corrected chi connectivity index (χ1v) is 12.3. The van der Waals surface area contributed by atoms with Crippen LogP contribution in [0.4, 0.5) is 10.2 Å². The lowest BCUT2D eigenvalue weighted by atomic mass is 9.99. The normalized spacial score (nSPS) is 20.7. The Labute approximate surface area is 205 Å². The molecule has 2 atom stereocenters. The molecule has 3 aromatic rings. The maximum absolute atomic E-state index is 13.6. The van der Waals surface area contributed by atoms with Crippen LogP contribution in [0.15, 0.2) is 48.5 Å². The molecule has 3 heterocycles. The highest BCUT2D eigenvalue weighted by molar-refractivity contribution is 8.01. The van der Waals surface area contributed by atoms with Gasteiger partial charge in [-0.2, -0.15) is 5.10 Å². The Morgan fingerprint density at radius 3 is 2.54 bits per heavy atom. The number of H-pyrrole nitrogens is 1. The fourth-order valence-electron chi connectivity index (χ4n) is 4.39. The van der Waals surface area contributed by atoms with E-state index in [0.717, 1.165) is 55.1 Å². The van der Waals surface area contributed by atoms with Gasteiger partial charge in [0.15, 0.2) is 5.82 Å². The second-order valence-corrected chi connectivity index (χ2v) is 9.90. The Balaban J connectivity index is 1.51. The number of nitrogens with zero attached hydrogens (tertiary/aromatic N) is 2. The van der Waals surface area contributed by atoms with E-state index in [-0.39, 0.29) is 17.5 Å². The van der Waals surface area contributed by atoms with Crippen molar-refractivity contribution in [2.75, 3.05) is 31.6 Å². The molecule has 1 fully saturated rings. The first kappa shape index (κ1) is 23.5. The number of rotatable bonds is 6. The number of morpholine rings is 1.